The van der Waals surface area contributed by atoms with Crippen LogP contribution in [0.2, 0.25) is 5.02 Å². The summed E-state index contributed by atoms with van der Waals surface area (Å²) in [4.78, 5) is 37.5. The Kier molecular flexibility index (Phi) is 4.95. The van der Waals surface area contributed by atoms with E-state index in [2.05, 4.69) is 20.6 Å². The van der Waals surface area contributed by atoms with Crippen molar-refractivity contribution in [1.82, 2.24) is 34.6 Å². The number of carbonyl (C=O) groups excluding carboxylic acids is 1. The van der Waals surface area contributed by atoms with E-state index in [1.54, 1.807) is 7.05 Å². The van der Waals surface area contributed by atoms with Crippen LogP contribution in [0.1, 0.15) is 21.9 Å². The number of aromatic nitrogens is 7. The third-order valence-corrected chi connectivity index (χ3v) is 4.19. The molecule has 0 spiro atoms. The lowest BCUT2D eigenvalue weighted by atomic mass is 10.2. The van der Waals surface area contributed by atoms with Crippen LogP contribution in [0.25, 0.3) is 0 Å². The summed E-state index contributed by atoms with van der Waals surface area (Å²) in [5.74, 6) is -0.956. The summed E-state index contributed by atoms with van der Waals surface area (Å²) in [7, 11) is 2.86. The van der Waals surface area contributed by atoms with Crippen LogP contribution in [-0.2, 0) is 27.1 Å². The molecule has 0 N–H and O–H groups in total. The van der Waals surface area contributed by atoms with Crippen molar-refractivity contribution < 1.29 is 9.18 Å². The molecule has 0 fully saturated rings. The average Bonchev–Trinajstić information content (AvgIpc) is 3.01. The van der Waals surface area contributed by atoms with Crippen molar-refractivity contribution in [3.8, 4) is 0 Å². The van der Waals surface area contributed by atoms with Crippen LogP contribution in [0.3, 0.4) is 0 Å². The summed E-state index contributed by atoms with van der Waals surface area (Å²) < 4.78 is 16.2. The number of tetrazole rings is 1. The summed E-state index contributed by atoms with van der Waals surface area (Å²) in [5.41, 5.74) is -1.70. The van der Waals surface area contributed by atoms with Crippen LogP contribution in [0.5, 0.6) is 0 Å². The van der Waals surface area contributed by atoms with Crippen LogP contribution in [-0.4, -0.2) is 40.3 Å². The van der Waals surface area contributed by atoms with Gasteiger partial charge in [-0.1, -0.05) is 17.7 Å². The molecule has 0 amide bonds. The Morgan fingerprint density at radius 1 is 1.22 bits per heavy atom. The molecule has 3 rings (SSSR count). The zero-order chi connectivity index (χ0) is 19.7. The number of benzene rings is 1. The normalized spacial score (nSPS) is 11.0. The Labute approximate surface area is 155 Å². The van der Waals surface area contributed by atoms with E-state index in [9.17, 15) is 18.8 Å². The molecule has 10 nitrogen and oxygen atoms in total. The van der Waals surface area contributed by atoms with E-state index < -0.39 is 28.5 Å². The second kappa shape index (κ2) is 7.19. The number of ketones is 1. The highest BCUT2D eigenvalue weighted by atomic mass is 35.5. The molecular formula is C15H13ClFN7O3. The molecule has 2 heterocycles. The molecule has 0 aliphatic heterocycles. The number of nitrogens with zero attached hydrogens (tertiary/aromatic N) is 7. The van der Waals surface area contributed by atoms with Gasteiger partial charge in [0.2, 0.25) is 0 Å². The molecule has 12 heteroatoms. The second-order valence-electron chi connectivity index (χ2n) is 5.70. The fourth-order valence-electron chi connectivity index (χ4n) is 2.38. The van der Waals surface area contributed by atoms with Gasteiger partial charge in [-0.15, -0.1) is 5.10 Å². The molecule has 3 aromatic rings. The number of carbonyl (C=O) groups is 1. The molecule has 2 aromatic heterocycles. The number of rotatable bonds is 5. The predicted octanol–water partition coefficient (Wildman–Crippen LogP) is -0.268. The number of Topliss-reactive ketones (excluding diaryl/α,β-unsaturated/α-hetero) is 1. The molecule has 0 radical (unpaired) electrons. The lowest BCUT2D eigenvalue weighted by Crippen LogP contribution is -2.44. The van der Waals surface area contributed by atoms with Crippen LogP contribution in [0, 0.1) is 5.82 Å². The van der Waals surface area contributed by atoms with Crippen LogP contribution < -0.4 is 11.2 Å². The number of halogens is 2. The van der Waals surface area contributed by atoms with Gasteiger partial charge in [-0.05, 0) is 28.1 Å². The highest BCUT2D eigenvalue weighted by Gasteiger charge is 2.21. The molecule has 1 aromatic carbocycles. The van der Waals surface area contributed by atoms with E-state index in [0.29, 0.717) is 5.56 Å². The number of aryl methyl sites for hydroxylation is 2. The van der Waals surface area contributed by atoms with Crippen LogP contribution in [0.15, 0.2) is 27.8 Å². The minimum Gasteiger partial charge on any atom is -0.292 e. The summed E-state index contributed by atoms with van der Waals surface area (Å²) in [5, 5.41) is 14.5. The minimum atomic E-state index is -0.876. The third-order valence-electron chi connectivity index (χ3n) is 3.84. The maximum Gasteiger partial charge on any atom is 0.347 e. The summed E-state index contributed by atoms with van der Waals surface area (Å²) in [6.07, 6.45) is -0.263. The Morgan fingerprint density at radius 2 is 1.96 bits per heavy atom. The quantitative estimate of drug-likeness (QED) is 0.547. The molecule has 27 heavy (non-hydrogen) atoms. The van der Waals surface area contributed by atoms with Gasteiger partial charge in [0.1, 0.15) is 5.82 Å². The molecule has 0 saturated heterocycles. The number of hydrogen-bond donors (Lipinski definition) is 0. The van der Waals surface area contributed by atoms with Gasteiger partial charge in [0, 0.05) is 19.1 Å². The molecule has 0 aliphatic rings. The fourth-order valence-corrected chi connectivity index (χ4v) is 2.61. The highest BCUT2D eigenvalue weighted by molar-refractivity contribution is 6.31. The van der Waals surface area contributed by atoms with Crippen molar-refractivity contribution >= 4 is 17.4 Å². The van der Waals surface area contributed by atoms with E-state index in [1.165, 1.54) is 17.8 Å². The van der Waals surface area contributed by atoms with Gasteiger partial charge in [-0.25, -0.2) is 18.5 Å². The van der Waals surface area contributed by atoms with Gasteiger partial charge in [-0.3, -0.25) is 14.2 Å². The first-order valence-electron chi connectivity index (χ1n) is 7.64. The van der Waals surface area contributed by atoms with Gasteiger partial charge in [0.15, 0.2) is 17.3 Å². The van der Waals surface area contributed by atoms with Gasteiger partial charge < -0.3 is 0 Å². The van der Waals surface area contributed by atoms with Crippen LogP contribution in [0.4, 0.5) is 4.39 Å². The third kappa shape index (κ3) is 3.67. The first-order chi connectivity index (χ1) is 12.8. The molecule has 0 saturated carbocycles. The largest absolute Gasteiger partial charge is 0.347 e. The van der Waals surface area contributed by atoms with E-state index in [-0.39, 0.29) is 23.8 Å². The number of hydrogen-bond acceptors (Lipinski definition) is 7. The topological polar surface area (TPSA) is 118 Å². The SMILES string of the molecule is Cn1nnnc1CC(=O)c1nn(C)c(=O)n(Cc2ccc(F)cc2Cl)c1=O. The molecule has 0 unspecified atom stereocenters. The Morgan fingerprint density at radius 3 is 2.59 bits per heavy atom. The standard InChI is InChI=1S/C15H13ClFN7O3/c1-22-12(18-20-21-22)6-11(25)13-14(26)24(15(27)23(2)19-13)7-8-3-4-9(17)5-10(8)16/h3-5H,6-7H2,1-2H3. The maximum atomic E-state index is 13.2. The smallest absolute Gasteiger partial charge is 0.292 e. The fraction of sp³-hybridized carbons (Fsp3) is 0.267. The Balaban J connectivity index is 2.03. The van der Waals surface area contributed by atoms with Gasteiger partial charge in [0.05, 0.1) is 13.0 Å². The first-order valence-corrected chi connectivity index (χ1v) is 8.02. The summed E-state index contributed by atoms with van der Waals surface area (Å²) >= 11 is 5.97. The summed E-state index contributed by atoms with van der Waals surface area (Å²) in [6, 6.07) is 3.59. The van der Waals surface area contributed by atoms with Crippen molar-refractivity contribution in [1.29, 1.82) is 0 Å². The monoisotopic (exact) mass is 393 g/mol. The Hall–Kier alpha value is -3.21. The van der Waals surface area contributed by atoms with E-state index in [0.717, 1.165) is 21.4 Å². The van der Waals surface area contributed by atoms with Gasteiger partial charge in [0.25, 0.3) is 5.56 Å². The zero-order valence-corrected chi connectivity index (χ0v) is 15.0. The minimum absolute atomic E-state index is 0.0544. The average molecular weight is 394 g/mol. The molecule has 0 atom stereocenters. The second-order valence-corrected chi connectivity index (χ2v) is 6.11. The van der Waals surface area contributed by atoms with Crippen molar-refractivity contribution in [3.05, 3.63) is 67.0 Å². The van der Waals surface area contributed by atoms with E-state index in [1.807, 2.05) is 0 Å². The van der Waals surface area contributed by atoms with Gasteiger partial charge in [-0.2, -0.15) is 5.10 Å². The predicted molar refractivity (Wildman–Crippen MR) is 91.1 cm³/mol. The zero-order valence-electron chi connectivity index (χ0n) is 14.3. The van der Waals surface area contributed by atoms with E-state index >= 15 is 0 Å². The van der Waals surface area contributed by atoms with Crippen molar-refractivity contribution in [2.45, 2.75) is 13.0 Å². The first kappa shape index (κ1) is 18.6. The Bertz CT molecular complexity index is 1150. The molecular weight excluding hydrogens is 381 g/mol. The highest BCUT2D eigenvalue weighted by Crippen LogP contribution is 2.17. The summed E-state index contributed by atoms with van der Waals surface area (Å²) in [6.45, 7) is -0.237. The van der Waals surface area contributed by atoms with Crippen molar-refractivity contribution in [2.75, 3.05) is 0 Å². The lowest BCUT2D eigenvalue weighted by molar-refractivity contribution is 0.0979. The van der Waals surface area contributed by atoms with Crippen molar-refractivity contribution in [2.24, 2.45) is 14.1 Å². The van der Waals surface area contributed by atoms with Gasteiger partial charge >= 0.3 is 5.69 Å². The molecule has 0 bridgehead atoms. The van der Waals surface area contributed by atoms with Crippen molar-refractivity contribution in [3.63, 3.8) is 0 Å². The molecule has 0 aliphatic carbocycles. The van der Waals surface area contributed by atoms with E-state index in [4.69, 9.17) is 11.6 Å². The lowest BCUT2D eigenvalue weighted by Gasteiger charge is -2.10. The van der Waals surface area contributed by atoms with Crippen LogP contribution >= 0.6 is 11.6 Å². The maximum absolute atomic E-state index is 13.2. The molecule has 140 valence electrons.